The second kappa shape index (κ2) is 11.2. The lowest BCUT2D eigenvalue weighted by Gasteiger charge is -2.36. The number of rotatable bonds is 13. The third kappa shape index (κ3) is 6.57. The number of hydrogen-bond donors (Lipinski definition) is 1. The average molecular weight is 335 g/mol. The fourth-order valence-electron chi connectivity index (χ4n) is 3.17. The minimum absolute atomic E-state index is 0.104. The molecule has 0 fully saturated rings. The molecule has 1 heterocycles. The largest absolute Gasteiger partial charge is 0.544 e. The second-order valence-electron chi connectivity index (χ2n) is 6.63. The van der Waals surface area contributed by atoms with Crippen LogP contribution in [-0.4, -0.2) is 29.0 Å². The van der Waals surface area contributed by atoms with Gasteiger partial charge in [0, 0.05) is 13.3 Å². The minimum atomic E-state index is -1.09. The average Bonchev–Trinajstić information content (AvgIpc) is 2.92. The molecule has 0 radical (unpaired) electrons. The van der Waals surface area contributed by atoms with Crippen LogP contribution < -0.4 is 10.8 Å². The first-order valence-corrected chi connectivity index (χ1v) is 9.22. The van der Waals surface area contributed by atoms with E-state index in [0.717, 1.165) is 25.1 Å². The third-order valence-corrected chi connectivity index (χ3v) is 4.66. The van der Waals surface area contributed by atoms with Crippen LogP contribution in [0.2, 0.25) is 0 Å². The van der Waals surface area contributed by atoms with Gasteiger partial charge in [0.25, 0.3) is 0 Å². The Morgan fingerprint density at radius 2 is 1.88 bits per heavy atom. The SMILES string of the molecule is C/C=C/CCCCCCCCCC1=NC=C[N+]1(CC(=O)[O-])C(C)N. The molecule has 5 heteroatoms. The van der Waals surface area contributed by atoms with Gasteiger partial charge in [-0.15, -0.1) is 0 Å². The molecule has 2 atom stereocenters. The fourth-order valence-corrected chi connectivity index (χ4v) is 3.17. The highest BCUT2D eigenvalue weighted by Crippen LogP contribution is 2.23. The molecule has 0 bridgehead atoms. The lowest BCUT2D eigenvalue weighted by atomic mass is 10.1. The van der Waals surface area contributed by atoms with Gasteiger partial charge >= 0.3 is 0 Å². The van der Waals surface area contributed by atoms with Gasteiger partial charge in [-0.25, -0.2) is 9.48 Å². The van der Waals surface area contributed by atoms with Gasteiger partial charge in [-0.3, -0.25) is 5.73 Å². The van der Waals surface area contributed by atoms with E-state index in [1.165, 1.54) is 38.5 Å². The predicted octanol–water partition coefficient (Wildman–Crippen LogP) is 2.83. The number of nitrogens with zero attached hydrogens (tertiary/aromatic N) is 2. The molecule has 0 saturated carbocycles. The van der Waals surface area contributed by atoms with Gasteiger partial charge in [0.05, 0.1) is 12.2 Å². The van der Waals surface area contributed by atoms with Crippen molar-refractivity contribution in [3.8, 4) is 0 Å². The van der Waals surface area contributed by atoms with Crippen LogP contribution in [0.4, 0.5) is 0 Å². The molecule has 0 amide bonds. The van der Waals surface area contributed by atoms with E-state index < -0.39 is 5.97 Å². The Kier molecular flexibility index (Phi) is 9.57. The zero-order valence-corrected chi connectivity index (χ0v) is 15.2. The van der Waals surface area contributed by atoms with E-state index in [1.807, 2.05) is 6.92 Å². The van der Waals surface area contributed by atoms with E-state index in [9.17, 15) is 9.90 Å². The number of carboxylic acid groups (broad SMARTS) is 1. The Hall–Kier alpha value is -1.46. The molecule has 0 aromatic rings. The van der Waals surface area contributed by atoms with E-state index in [2.05, 4.69) is 24.1 Å². The predicted molar refractivity (Wildman–Crippen MR) is 96.7 cm³/mol. The monoisotopic (exact) mass is 335 g/mol. The van der Waals surface area contributed by atoms with Gasteiger partial charge in [0.15, 0.2) is 0 Å². The Balaban J connectivity index is 2.23. The summed E-state index contributed by atoms with van der Waals surface area (Å²) in [5.74, 6) is -0.245. The van der Waals surface area contributed by atoms with Crippen LogP contribution >= 0.6 is 0 Å². The summed E-state index contributed by atoms with van der Waals surface area (Å²) in [4.78, 5) is 15.4. The number of carboxylic acids is 1. The highest BCUT2D eigenvalue weighted by Gasteiger charge is 2.38. The number of amidine groups is 1. The zero-order valence-electron chi connectivity index (χ0n) is 15.2. The topological polar surface area (TPSA) is 78.5 Å². The van der Waals surface area contributed by atoms with Crippen LogP contribution in [0, 0.1) is 0 Å². The summed E-state index contributed by atoms with van der Waals surface area (Å²) in [5, 5.41) is 11.1. The van der Waals surface area contributed by atoms with Gasteiger partial charge in [-0.05, 0) is 26.2 Å². The first-order valence-electron chi connectivity index (χ1n) is 9.22. The number of nitrogens with two attached hydrogens (primary N) is 1. The molecule has 136 valence electrons. The Bertz CT molecular complexity index is 469. The molecule has 0 spiro atoms. The van der Waals surface area contributed by atoms with E-state index >= 15 is 0 Å². The van der Waals surface area contributed by atoms with Crippen LogP contribution in [0.5, 0.6) is 0 Å². The first-order chi connectivity index (χ1) is 11.5. The summed E-state index contributed by atoms with van der Waals surface area (Å²) < 4.78 is 0.104. The standard InChI is InChI=1S/C19H33N3O2/c1-3-4-5-6-7-8-9-10-11-12-13-18-21-14-15-22(18,17(2)20)16-19(23)24/h3-4,14-15,17H,5-13,16,20H2,1-2H3/b4-3+. The number of unbranched alkanes of at least 4 members (excludes halogenated alkanes) is 7. The fraction of sp³-hybridized carbons (Fsp3) is 0.684. The van der Waals surface area contributed by atoms with Gasteiger partial charge in [0.2, 0.25) is 5.84 Å². The summed E-state index contributed by atoms with van der Waals surface area (Å²) in [6.45, 7) is 3.75. The number of carbonyl (C=O) groups is 1. The van der Waals surface area contributed by atoms with Crippen molar-refractivity contribution in [3.63, 3.8) is 0 Å². The maximum atomic E-state index is 11.1. The van der Waals surface area contributed by atoms with Crippen LogP contribution in [0.1, 0.15) is 71.6 Å². The van der Waals surface area contributed by atoms with E-state index in [1.54, 1.807) is 12.4 Å². The molecular weight excluding hydrogens is 302 g/mol. The molecular formula is C19H33N3O2. The van der Waals surface area contributed by atoms with Crippen molar-refractivity contribution < 1.29 is 14.4 Å². The Morgan fingerprint density at radius 3 is 2.46 bits per heavy atom. The summed E-state index contributed by atoms with van der Waals surface area (Å²) >= 11 is 0. The van der Waals surface area contributed by atoms with E-state index in [-0.39, 0.29) is 17.2 Å². The van der Waals surface area contributed by atoms with Gasteiger partial charge in [-0.1, -0.05) is 44.3 Å². The molecule has 0 aromatic heterocycles. The van der Waals surface area contributed by atoms with Crippen molar-refractivity contribution >= 4 is 11.8 Å². The van der Waals surface area contributed by atoms with E-state index in [0.29, 0.717) is 0 Å². The summed E-state index contributed by atoms with van der Waals surface area (Å²) in [6, 6.07) is 0. The van der Waals surface area contributed by atoms with Crippen LogP contribution in [0.25, 0.3) is 0 Å². The lowest BCUT2D eigenvalue weighted by molar-refractivity contribution is -0.808. The maximum absolute atomic E-state index is 11.1. The second-order valence-corrected chi connectivity index (χ2v) is 6.63. The van der Waals surface area contributed by atoms with Gasteiger partial charge in [-0.2, -0.15) is 0 Å². The molecule has 2 unspecified atom stereocenters. The first kappa shape index (κ1) is 20.6. The lowest BCUT2D eigenvalue weighted by Crippen LogP contribution is -2.60. The Morgan fingerprint density at radius 1 is 1.25 bits per heavy atom. The van der Waals surface area contributed by atoms with Crippen LogP contribution in [0.15, 0.2) is 29.5 Å². The quantitative estimate of drug-likeness (QED) is 0.319. The summed E-state index contributed by atoms with van der Waals surface area (Å²) in [7, 11) is 0. The molecule has 24 heavy (non-hydrogen) atoms. The number of aliphatic imine (C=N–C) groups is 1. The van der Waals surface area contributed by atoms with Crippen molar-refractivity contribution in [1.29, 1.82) is 0 Å². The highest BCUT2D eigenvalue weighted by atomic mass is 16.4. The third-order valence-electron chi connectivity index (χ3n) is 4.66. The van der Waals surface area contributed by atoms with E-state index in [4.69, 9.17) is 5.73 Å². The minimum Gasteiger partial charge on any atom is -0.544 e. The van der Waals surface area contributed by atoms with Crippen LogP contribution in [-0.2, 0) is 4.79 Å². The van der Waals surface area contributed by atoms with Crippen molar-refractivity contribution in [2.45, 2.75) is 77.8 Å². The molecule has 2 N–H and O–H groups in total. The number of quaternary nitrogens is 1. The summed E-state index contributed by atoms with van der Waals surface area (Å²) in [5.41, 5.74) is 6.04. The highest BCUT2D eigenvalue weighted by molar-refractivity contribution is 5.81. The number of aliphatic carboxylic acids is 1. The molecule has 5 nitrogen and oxygen atoms in total. The van der Waals surface area contributed by atoms with Crippen molar-refractivity contribution in [1.82, 2.24) is 0 Å². The molecule has 0 aliphatic carbocycles. The van der Waals surface area contributed by atoms with Crippen molar-refractivity contribution in [2.75, 3.05) is 6.54 Å². The molecule has 1 aliphatic rings. The number of hydrogen-bond acceptors (Lipinski definition) is 4. The molecule has 1 aliphatic heterocycles. The normalized spacial score (nSPS) is 21.4. The van der Waals surface area contributed by atoms with Gasteiger partial charge < -0.3 is 9.90 Å². The van der Waals surface area contributed by atoms with Gasteiger partial charge in [0.1, 0.15) is 18.9 Å². The number of carbonyl (C=O) groups excluding carboxylic acids is 1. The molecule has 0 aromatic carbocycles. The van der Waals surface area contributed by atoms with Crippen LogP contribution in [0.3, 0.4) is 0 Å². The van der Waals surface area contributed by atoms with Crippen molar-refractivity contribution in [3.05, 3.63) is 24.6 Å². The zero-order chi connectivity index (χ0) is 17.8. The summed E-state index contributed by atoms with van der Waals surface area (Å²) in [6.07, 6.45) is 18.0. The smallest absolute Gasteiger partial charge is 0.209 e. The maximum Gasteiger partial charge on any atom is 0.209 e. The molecule has 0 saturated heterocycles. The Labute approximate surface area is 146 Å². The van der Waals surface area contributed by atoms with Crippen molar-refractivity contribution in [2.24, 2.45) is 10.7 Å². The number of allylic oxidation sites excluding steroid dienone is 2. The molecule has 1 rings (SSSR count).